The van der Waals surface area contributed by atoms with Crippen molar-refractivity contribution in [3.63, 3.8) is 0 Å². The predicted molar refractivity (Wildman–Crippen MR) is 64.5 cm³/mol. The maximum atomic E-state index is 11.7. The second-order valence-electron chi connectivity index (χ2n) is 4.39. The van der Waals surface area contributed by atoms with Crippen LogP contribution in [0.15, 0.2) is 24.3 Å². The molecule has 94 valence electrons. The molecule has 0 spiro atoms. The molecule has 0 aromatic heterocycles. The molecule has 1 aliphatic rings. The van der Waals surface area contributed by atoms with Crippen molar-refractivity contribution >= 4 is 17.7 Å². The molecule has 1 heterocycles. The summed E-state index contributed by atoms with van der Waals surface area (Å²) in [7, 11) is 0. The highest BCUT2D eigenvalue weighted by Gasteiger charge is 2.27. The zero-order valence-corrected chi connectivity index (χ0v) is 9.81. The van der Waals surface area contributed by atoms with E-state index in [1.165, 1.54) is 0 Å². The molecular weight excluding hydrogens is 232 g/mol. The molecule has 0 bridgehead atoms. The van der Waals surface area contributed by atoms with Crippen molar-refractivity contribution in [2.75, 3.05) is 0 Å². The Bertz CT molecular complexity index is 493. The summed E-state index contributed by atoms with van der Waals surface area (Å²) < 4.78 is 0. The van der Waals surface area contributed by atoms with Crippen LogP contribution in [0, 0.1) is 0 Å². The summed E-state index contributed by atoms with van der Waals surface area (Å²) >= 11 is 0. The molecule has 1 aliphatic heterocycles. The fraction of sp³-hybridized carbons (Fsp3) is 0.308. The second-order valence-corrected chi connectivity index (χ2v) is 4.39. The Labute approximate surface area is 104 Å². The monoisotopic (exact) mass is 246 g/mol. The molecule has 1 unspecified atom stereocenters. The first-order chi connectivity index (χ1) is 8.56. The first kappa shape index (κ1) is 12.3. The van der Waals surface area contributed by atoms with E-state index in [4.69, 9.17) is 5.73 Å². The number of hydrogen-bond acceptors (Lipinski definition) is 3. The van der Waals surface area contributed by atoms with E-state index in [-0.39, 0.29) is 30.1 Å². The highest BCUT2D eigenvalue weighted by atomic mass is 16.2. The van der Waals surface area contributed by atoms with Crippen LogP contribution in [-0.2, 0) is 20.8 Å². The molecule has 18 heavy (non-hydrogen) atoms. The molecule has 2 rings (SSSR count). The minimum absolute atomic E-state index is 0.190. The fourth-order valence-corrected chi connectivity index (χ4v) is 2.08. The van der Waals surface area contributed by atoms with E-state index in [0.717, 1.165) is 11.1 Å². The number of rotatable bonds is 3. The Balaban J connectivity index is 2.12. The zero-order valence-electron chi connectivity index (χ0n) is 9.81. The van der Waals surface area contributed by atoms with Crippen molar-refractivity contribution < 1.29 is 14.4 Å². The number of benzene rings is 1. The summed E-state index contributed by atoms with van der Waals surface area (Å²) in [6.07, 6.45) is 1.08. The molecule has 5 nitrogen and oxygen atoms in total. The number of hydrogen-bond donors (Lipinski definition) is 2. The van der Waals surface area contributed by atoms with Gasteiger partial charge in [0.2, 0.25) is 17.7 Å². The van der Waals surface area contributed by atoms with Gasteiger partial charge in [0.15, 0.2) is 0 Å². The highest BCUT2D eigenvalue weighted by molar-refractivity contribution is 6.00. The van der Waals surface area contributed by atoms with E-state index in [9.17, 15) is 14.4 Å². The Morgan fingerprint density at radius 3 is 2.50 bits per heavy atom. The van der Waals surface area contributed by atoms with Crippen LogP contribution in [0.3, 0.4) is 0 Å². The van der Waals surface area contributed by atoms with Crippen LogP contribution in [0.25, 0.3) is 0 Å². The third-order valence-electron chi connectivity index (χ3n) is 3.00. The van der Waals surface area contributed by atoms with Gasteiger partial charge in [0.25, 0.3) is 0 Å². The smallest absolute Gasteiger partial charge is 0.234 e. The number of amides is 3. The molecule has 5 heteroatoms. The molecule has 3 N–H and O–H groups in total. The lowest BCUT2D eigenvalue weighted by atomic mass is 9.90. The molecule has 0 radical (unpaired) electrons. The van der Waals surface area contributed by atoms with Gasteiger partial charge in [-0.05, 0) is 17.5 Å². The van der Waals surface area contributed by atoms with Crippen LogP contribution in [0.1, 0.15) is 29.9 Å². The molecule has 1 aromatic rings. The van der Waals surface area contributed by atoms with Gasteiger partial charge in [-0.25, -0.2) is 0 Å². The van der Waals surface area contributed by atoms with E-state index >= 15 is 0 Å². The normalized spacial score (nSPS) is 19.4. The van der Waals surface area contributed by atoms with E-state index in [0.29, 0.717) is 12.8 Å². The third kappa shape index (κ3) is 2.74. The average Bonchev–Trinajstić information content (AvgIpc) is 2.30. The van der Waals surface area contributed by atoms with Crippen molar-refractivity contribution in [2.24, 2.45) is 5.73 Å². The van der Waals surface area contributed by atoms with Gasteiger partial charge in [0.05, 0.1) is 12.3 Å². The number of carbonyl (C=O) groups is 3. The molecule has 0 saturated carbocycles. The van der Waals surface area contributed by atoms with Gasteiger partial charge in [0, 0.05) is 6.42 Å². The van der Waals surface area contributed by atoms with Gasteiger partial charge < -0.3 is 5.73 Å². The number of nitrogens with two attached hydrogens (primary N) is 1. The Morgan fingerprint density at radius 2 is 1.94 bits per heavy atom. The largest absolute Gasteiger partial charge is 0.369 e. The average molecular weight is 246 g/mol. The summed E-state index contributed by atoms with van der Waals surface area (Å²) in [5.41, 5.74) is 6.78. The molecule has 1 aromatic carbocycles. The van der Waals surface area contributed by atoms with Gasteiger partial charge in [-0.15, -0.1) is 0 Å². The van der Waals surface area contributed by atoms with Crippen LogP contribution in [0.2, 0.25) is 0 Å². The Kier molecular flexibility index (Phi) is 3.41. The van der Waals surface area contributed by atoms with Crippen LogP contribution in [-0.4, -0.2) is 17.7 Å². The highest BCUT2D eigenvalue weighted by Crippen LogP contribution is 2.24. The van der Waals surface area contributed by atoms with Crippen molar-refractivity contribution in [3.8, 4) is 0 Å². The number of primary amides is 1. The number of piperidine rings is 1. The van der Waals surface area contributed by atoms with Gasteiger partial charge in [0.1, 0.15) is 0 Å². The van der Waals surface area contributed by atoms with Crippen molar-refractivity contribution in [1.82, 2.24) is 5.32 Å². The quantitative estimate of drug-likeness (QED) is 0.748. The van der Waals surface area contributed by atoms with E-state index in [1.807, 2.05) is 0 Å². The Hall–Kier alpha value is -2.17. The lowest BCUT2D eigenvalue weighted by Crippen LogP contribution is -2.39. The number of imide groups is 1. The van der Waals surface area contributed by atoms with Gasteiger partial charge in [-0.1, -0.05) is 24.3 Å². The van der Waals surface area contributed by atoms with E-state index in [2.05, 4.69) is 5.32 Å². The number of nitrogens with one attached hydrogen (secondary N) is 1. The summed E-state index contributed by atoms with van der Waals surface area (Å²) in [5.74, 6) is -1.15. The molecule has 0 aliphatic carbocycles. The maximum Gasteiger partial charge on any atom is 0.234 e. The SMILES string of the molecule is NC(=O)Cc1ccc(C2CCC(=O)NC2=O)cc1. The molecule has 1 atom stereocenters. The Morgan fingerprint density at radius 1 is 1.28 bits per heavy atom. The van der Waals surface area contributed by atoms with Crippen LogP contribution in [0.5, 0.6) is 0 Å². The maximum absolute atomic E-state index is 11.7. The molecule has 3 amide bonds. The van der Waals surface area contributed by atoms with Crippen LogP contribution < -0.4 is 11.1 Å². The first-order valence-electron chi connectivity index (χ1n) is 5.77. The van der Waals surface area contributed by atoms with Gasteiger partial charge in [-0.3, -0.25) is 19.7 Å². The summed E-state index contributed by atoms with van der Waals surface area (Å²) in [6.45, 7) is 0. The summed E-state index contributed by atoms with van der Waals surface area (Å²) in [5, 5.41) is 2.32. The van der Waals surface area contributed by atoms with Gasteiger partial charge >= 0.3 is 0 Å². The van der Waals surface area contributed by atoms with Crippen molar-refractivity contribution in [2.45, 2.75) is 25.2 Å². The van der Waals surface area contributed by atoms with Crippen molar-refractivity contribution in [1.29, 1.82) is 0 Å². The fourth-order valence-electron chi connectivity index (χ4n) is 2.08. The topological polar surface area (TPSA) is 89.3 Å². The summed E-state index contributed by atoms with van der Waals surface area (Å²) in [4.78, 5) is 33.5. The van der Waals surface area contributed by atoms with E-state index < -0.39 is 0 Å². The lowest BCUT2D eigenvalue weighted by Gasteiger charge is -2.21. The minimum atomic E-state index is -0.385. The van der Waals surface area contributed by atoms with Crippen LogP contribution in [0.4, 0.5) is 0 Å². The lowest BCUT2D eigenvalue weighted by molar-refractivity contribution is -0.134. The zero-order chi connectivity index (χ0) is 13.1. The third-order valence-corrected chi connectivity index (χ3v) is 3.00. The first-order valence-corrected chi connectivity index (χ1v) is 5.77. The summed E-state index contributed by atoms with van der Waals surface area (Å²) in [6, 6.07) is 7.17. The molecule has 1 fully saturated rings. The number of carbonyl (C=O) groups excluding carboxylic acids is 3. The molecule has 1 saturated heterocycles. The molecular formula is C13H14N2O3. The predicted octanol–water partition coefficient (Wildman–Crippen LogP) is 0.235. The standard InChI is InChI=1S/C13H14N2O3/c14-11(16)7-8-1-3-9(4-2-8)10-5-6-12(17)15-13(10)18/h1-4,10H,5-7H2,(H2,14,16)(H,15,17,18). The minimum Gasteiger partial charge on any atom is -0.369 e. The van der Waals surface area contributed by atoms with E-state index in [1.54, 1.807) is 24.3 Å². The van der Waals surface area contributed by atoms with Gasteiger partial charge in [-0.2, -0.15) is 0 Å². The second kappa shape index (κ2) is 5.00. The van der Waals surface area contributed by atoms with Crippen molar-refractivity contribution in [3.05, 3.63) is 35.4 Å². The van der Waals surface area contributed by atoms with Crippen LogP contribution >= 0.6 is 0 Å².